The van der Waals surface area contributed by atoms with Crippen LogP contribution in [-0.2, 0) is 14.8 Å². The summed E-state index contributed by atoms with van der Waals surface area (Å²) < 4.78 is 38.4. The van der Waals surface area contributed by atoms with Crippen LogP contribution < -0.4 is 0 Å². The predicted molar refractivity (Wildman–Crippen MR) is 92.5 cm³/mol. The smallest absolute Gasteiger partial charge is 0.252 e. The molecule has 0 radical (unpaired) electrons. The van der Waals surface area contributed by atoms with Gasteiger partial charge in [0.2, 0.25) is 0 Å². The first-order chi connectivity index (χ1) is 11.6. The number of nitrogens with zero attached hydrogens (tertiary/aromatic N) is 2. The quantitative estimate of drug-likeness (QED) is 0.699. The van der Waals surface area contributed by atoms with Gasteiger partial charge in [-0.25, -0.2) is 8.42 Å². The van der Waals surface area contributed by atoms with E-state index in [0.29, 0.717) is 23.1 Å². The van der Waals surface area contributed by atoms with Gasteiger partial charge in [-0.15, -0.1) is 11.3 Å². The van der Waals surface area contributed by atoms with Gasteiger partial charge >= 0.3 is 0 Å². The third-order valence-electron chi connectivity index (χ3n) is 4.32. The average molecular weight is 370 g/mol. The highest BCUT2D eigenvalue weighted by Gasteiger charge is 2.34. The molecule has 3 heterocycles. The lowest BCUT2D eigenvalue weighted by molar-refractivity contribution is 0.172. The Kier molecular flexibility index (Phi) is 5.70. The zero-order valence-electron chi connectivity index (χ0n) is 13.7. The highest BCUT2D eigenvalue weighted by Crippen LogP contribution is 2.33. The summed E-state index contributed by atoms with van der Waals surface area (Å²) in [6.45, 7) is 1.26. The average Bonchev–Trinajstić information content (AvgIpc) is 3.27. The van der Waals surface area contributed by atoms with Gasteiger partial charge in [0.15, 0.2) is 5.76 Å². The molecular weight excluding hydrogens is 348 g/mol. The maximum absolute atomic E-state index is 13.1. The number of sulfonamides is 1. The molecule has 0 spiro atoms. The van der Waals surface area contributed by atoms with E-state index in [4.69, 9.17) is 9.26 Å². The van der Waals surface area contributed by atoms with E-state index in [0.717, 1.165) is 37.7 Å². The summed E-state index contributed by atoms with van der Waals surface area (Å²) >= 11 is 1.24. The second-order valence-corrected chi connectivity index (χ2v) is 8.96. The molecule has 3 rings (SSSR count). The van der Waals surface area contributed by atoms with Crippen LogP contribution in [0.5, 0.6) is 0 Å². The van der Waals surface area contributed by atoms with Crippen molar-refractivity contribution in [3.8, 4) is 11.3 Å². The molecule has 24 heavy (non-hydrogen) atoms. The molecule has 1 aliphatic heterocycles. The molecule has 2 aromatic rings. The zero-order chi connectivity index (χ0) is 17.0. The Morgan fingerprint density at radius 3 is 3.08 bits per heavy atom. The van der Waals surface area contributed by atoms with Crippen LogP contribution in [0.2, 0.25) is 0 Å². The molecule has 0 bridgehead atoms. The van der Waals surface area contributed by atoms with Gasteiger partial charge in [-0.1, -0.05) is 11.6 Å². The lowest BCUT2D eigenvalue weighted by Gasteiger charge is -2.34. The molecule has 0 aliphatic carbocycles. The van der Waals surface area contributed by atoms with Gasteiger partial charge in [-0.2, -0.15) is 4.31 Å². The van der Waals surface area contributed by atoms with Gasteiger partial charge in [0.05, 0.1) is 6.20 Å². The maximum atomic E-state index is 13.1. The molecule has 8 heteroatoms. The molecular formula is C16H22N2O4S2. The van der Waals surface area contributed by atoms with Gasteiger partial charge in [0.1, 0.15) is 4.21 Å². The van der Waals surface area contributed by atoms with E-state index in [9.17, 15) is 8.42 Å². The number of thiophene rings is 1. The van der Waals surface area contributed by atoms with Crippen molar-refractivity contribution in [2.45, 2.75) is 42.4 Å². The van der Waals surface area contributed by atoms with Crippen molar-refractivity contribution in [2.24, 2.45) is 0 Å². The minimum absolute atomic E-state index is 0.0646. The van der Waals surface area contributed by atoms with Crippen molar-refractivity contribution in [3.05, 3.63) is 23.7 Å². The van der Waals surface area contributed by atoms with E-state index in [1.54, 1.807) is 35.1 Å². The summed E-state index contributed by atoms with van der Waals surface area (Å²) in [6.07, 6.45) is 6.19. The molecule has 1 aliphatic rings. The lowest BCUT2D eigenvalue weighted by Crippen LogP contribution is -2.43. The number of rotatable bonds is 7. The number of ether oxygens (including phenoxy) is 1. The molecule has 1 saturated heterocycles. The fraction of sp³-hybridized carbons (Fsp3) is 0.562. The van der Waals surface area contributed by atoms with E-state index in [-0.39, 0.29) is 6.04 Å². The Morgan fingerprint density at radius 2 is 2.33 bits per heavy atom. The van der Waals surface area contributed by atoms with Gasteiger partial charge < -0.3 is 9.26 Å². The van der Waals surface area contributed by atoms with Crippen molar-refractivity contribution in [2.75, 3.05) is 20.3 Å². The standard InChI is InChI=1S/C16H22N2O4S2/c1-21-10-4-6-14-5-2-3-9-18(14)24(19,20)16-11-13(12-23-16)15-7-8-17-22-15/h7-8,11-12,14H,2-6,9-10H2,1H3/t14-/m0/s1. The third kappa shape index (κ3) is 3.72. The van der Waals surface area contributed by atoms with Crippen LogP contribution in [0.1, 0.15) is 32.1 Å². The molecule has 2 aromatic heterocycles. The van der Waals surface area contributed by atoms with Crippen LogP contribution in [0.15, 0.2) is 32.4 Å². The topological polar surface area (TPSA) is 72.6 Å². The first-order valence-corrected chi connectivity index (χ1v) is 10.5. The Bertz CT molecular complexity index is 740. The van der Waals surface area contributed by atoms with E-state index in [1.165, 1.54) is 11.3 Å². The minimum atomic E-state index is -3.47. The predicted octanol–water partition coefficient (Wildman–Crippen LogP) is 3.37. The monoisotopic (exact) mass is 370 g/mol. The van der Waals surface area contributed by atoms with Gasteiger partial charge in [-0.3, -0.25) is 0 Å². The van der Waals surface area contributed by atoms with Crippen LogP contribution in [0.25, 0.3) is 11.3 Å². The normalized spacial score (nSPS) is 19.6. The number of piperidine rings is 1. The van der Waals surface area contributed by atoms with E-state index in [1.807, 2.05) is 0 Å². The van der Waals surface area contributed by atoms with Crippen LogP contribution in [0, 0.1) is 0 Å². The van der Waals surface area contributed by atoms with Crippen molar-refractivity contribution in [1.29, 1.82) is 0 Å². The van der Waals surface area contributed by atoms with E-state index >= 15 is 0 Å². The first kappa shape index (κ1) is 17.6. The molecule has 132 valence electrons. The molecule has 6 nitrogen and oxygen atoms in total. The first-order valence-electron chi connectivity index (χ1n) is 8.13. The van der Waals surface area contributed by atoms with Crippen molar-refractivity contribution in [1.82, 2.24) is 9.46 Å². The maximum Gasteiger partial charge on any atom is 0.252 e. The lowest BCUT2D eigenvalue weighted by atomic mass is 10.0. The molecule has 0 amide bonds. The third-order valence-corrected chi connectivity index (χ3v) is 7.69. The molecule has 0 aromatic carbocycles. The van der Waals surface area contributed by atoms with Crippen LogP contribution >= 0.6 is 11.3 Å². The largest absolute Gasteiger partial charge is 0.385 e. The SMILES string of the molecule is COCCC[C@@H]1CCCCN1S(=O)(=O)c1cc(-c2ccno2)cs1. The van der Waals surface area contributed by atoms with Gasteiger partial charge in [0, 0.05) is 43.3 Å². The second-order valence-electron chi connectivity index (χ2n) is 5.93. The Balaban J connectivity index is 1.80. The number of hydrogen-bond acceptors (Lipinski definition) is 6. The van der Waals surface area contributed by atoms with Crippen molar-refractivity contribution >= 4 is 21.4 Å². The van der Waals surface area contributed by atoms with Crippen LogP contribution in [0.3, 0.4) is 0 Å². The summed E-state index contributed by atoms with van der Waals surface area (Å²) in [7, 11) is -1.80. The summed E-state index contributed by atoms with van der Waals surface area (Å²) in [5, 5.41) is 5.47. The summed E-state index contributed by atoms with van der Waals surface area (Å²) in [4.78, 5) is 0. The van der Waals surface area contributed by atoms with Gasteiger partial charge in [0.25, 0.3) is 10.0 Å². The Hall–Kier alpha value is -1.22. The molecule has 1 fully saturated rings. The highest BCUT2D eigenvalue weighted by atomic mass is 32.2. The van der Waals surface area contributed by atoms with E-state index < -0.39 is 10.0 Å². The number of hydrogen-bond donors (Lipinski definition) is 0. The molecule has 1 atom stereocenters. The van der Waals surface area contributed by atoms with Crippen LogP contribution in [0.4, 0.5) is 0 Å². The van der Waals surface area contributed by atoms with Crippen molar-refractivity contribution < 1.29 is 17.7 Å². The minimum Gasteiger partial charge on any atom is -0.385 e. The molecule has 0 unspecified atom stereocenters. The fourth-order valence-corrected chi connectivity index (χ4v) is 6.12. The van der Waals surface area contributed by atoms with Crippen molar-refractivity contribution in [3.63, 3.8) is 0 Å². The summed E-state index contributed by atoms with van der Waals surface area (Å²) in [5.74, 6) is 0.586. The molecule has 0 saturated carbocycles. The Labute approximate surface area is 146 Å². The molecule has 0 N–H and O–H groups in total. The Morgan fingerprint density at radius 1 is 1.46 bits per heavy atom. The fourth-order valence-electron chi connectivity index (χ4n) is 3.10. The summed E-state index contributed by atoms with van der Waals surface area (Å²) in [5.41, 5.74) is 0.754. The van der Waals surface area contributed by atoms with Crippen LogP contribution in [-0.4, -0.2) is 44.2 Å². The second kappa shape index (κ2) is 7.77. The van der Waals surface area contributed by atoms with Gasteiger partial charge in [-0.05, 0) is 31.7 Å². The highest BCUT2D eigenvalue weighted by molar-refractivity contribution is 7.91. The summed E-state index contributed by atoms with van der Waals surface area (Å²) in [6, 6.07) is 3.48. The number of methoxy groups -OCH3 is 1. The number of aromatic nitrogens is 1. The zero-order valence-corrected chi connectivity index (χ0v) is 15.3. The van der Waals surface area contributed by atoms with E-state index in [2.05, 4.69) is 5.16 Å².